The topological polar surface area (TPSA) is 66.4 Å². The number of aromatic carboxylic acids is 1. The van der Waals surface area contributed by atoms with Crippen molar-refractivity contribution in [1.29, 1.82) is 0 Å². The lowest BCUT2D eigenvalue weighted by Crippen LogP contribution is -2.14. The Morgan fingerprint density at radius 2 is 1.90 bits per heavy atom. The molecule has 1 amide bonds. The third-order valence-corrected chi connectivity index (χ3v) is 4.12. The van der Waals surface area contributed by atoms with Crippen LogP contribution in [0.1, 0.15) is 38.1 Å². The van der Waals surface area contributed by atoms with Crippen molar-refractivity contribution in [2.75, 3.05) is 5.32 Å². The molecule has 0 fully saturated rings. The van der Waals surface area contributed by atoms with Crippen LogP contribution < -0.4 is 5.32 Å². The molecule has 2 rings (SSSR count). The molecule has 0 aliphatic carbocycles. The van der Waals surface area contributed by atoms with E-state index >= 15 is 0 Å². The summed E-state index contributed by atoms with van der Waals surface area (Å²) < 4.78 is 0. The van der Waals surface area contributed by atoms with Crippen LogP contribution in [0.2, 0.25) is 0 Å². The van der Waals surface area contributed by atoms with Gasteiger partial charge < -0.3 is 10.4 Å². The molecule has 0 unspecified atom stereocenters. The zero-order chi connectivity index (χ0) is 14.7. The van der Waals surface area contributed by atoms with Gasteiger partial charge in [0.05, 0.1) is 5.69 Å². The number of benzene rings is 1. The number of rotatable bonds is 4. The van der Waals surface area contributed by atoms with E-state index in [2.05, 4.69) is 5.32 Å². The Hall–Kier alpha value is -2.14. The molecule has 20 heavy (non-hydrogen) atoms. The molecule has 4 nitrogen and oxygen atoms in total. The van der Waals surface area contributed by atoms with Crippen LogP contribution in [0.5, 0.6) is 0 Å². The number of nitrogens with one attached hydrogen (secondary N) is 1. The first-order chi connectivity index (χ1) is 9.52. The number of carboxylic acid groups (broad SMARTS) is 1. The summed E-state index contributed by atoms with van der Waals surface area (Å²) in [6.07, 6.45) is 0.911. The Morgan fingerprint density at radius 1 is 1.25 bits per heavy atom. The van der Waals surface area contributed by atoms with E-state index in [1.807, 2.05) is 19.1 Å². The van der Waals surface area contributed by atoms with E-state index in [0.29, 0.717) is 11.3 Å². The van der Waals surface area contributed by atoms with Gasteiger partial charge in [0.15, 0.2) is 0 Å². The first-order valence-electron chi connectivity index (χ1n) is 6.24. The smallest absolute Gasteiger partial charge is 0.348 e. The second-order valence-corrected chi connectivity index (χ2v) is 5.31. The number of thiophene rings is 1. The molecule has 2 N–H and O–H groups in total. The van der Waals surface area contributed by atoms with E-state index in [1.165, 1.54) is 0 Å². The molecule has 2 aromatic rings. The van der Waals surface area contributed by atoms with Crippen LogP contribution in [0, 0.1) is 6.92 Å². The number of carboxylic acids is 1. The average molecular weight is 289 g/mol. The molecule has 1 aromatic carbocycles. The highest BCUT2D eigenvalue weighted by atomic mass is 32.1. The van der Waals surface area contributed by atoms with E-state index in [-0.39, 0.29) is 10.8 Å². The summed E-state index contributed by atoms with van der Waals surface area (Å²) >= 11 is 1.11. The van der Waals surface area contributed by atoms with Gasteiger partial charge in [-0.25, -0.2) is 4.79 Å². The Morgan fingerprint density at radius 3 is 2.45 bits per heavy atom. The predicted octanol–water partition coefficient (Wildman–Crippen LogP) is 3.57. The fourth-order valence-electron chi connectivity index (χ4n) is 1.83. The molecule has 104 valence electrons. The van der Waals surface area contributed by atoms with Crippen molar-refractivity contribution in [1.82, 2.24) is 0 Å². The lowest BCUT2D eigenvalue weighted by molar-refractivity contribution is 0.0703. The largest absolute Gasteiger partial charge is 0.477 e. The van der Waals surface area contributed by atoms with Gasteiger partial charge >= 0.3 is 5.97 Å². The van der Waals surface area contributed by atoms with Crippen molar-refractivity contribution in [3.63, 3.8) is 0 Å². The highest BCUT2D eigenvalue weighted by molar-refractivity contribution is 7.12. The first-order valence-corrected chi connectivity index (χ1v) is 7.12. The lowest BCUT2D eigenvalue weighted by Gasteiger charge is -2.07. The molecule has 0 atom stereocenters. The Balaban J connectivity index is 2.23. The summed E-state index contributed by atoms with van der Waals surface area (Å²) in [4.78, 5) is 23.4. The summed E-state index contributed by atoms with van der Waals surface area (Å²) in [6, 6.07) is 7.29. The van der Waals surface area contributed by atoms with E-state index < -0.39 is 5.97 Å². The molecule has 0 bridgehead atoms. The lowest BCUT2D eigenvalue weighted by atomic mass is 10.1. The minimum atomic E-state index is -1.03. The van der Waals surface area contributed by atoms with Gasteiger partial charge in [-0.2, -0.15) is 0 Å². The molecule has 0 saturated heterocycles. The zero-order valence-electron chi connectivity index (χ0n) is 11.3. The third kappa shape index (κ3) is 2.88. The predicted molar refractivity (Wildman–Crippen MR) is 79.8 cm³/mol. The van der Waals surface area contributed by atoms with Gasteiger partial charge in [-0.05, 0) is 42.0 Å². The first kappa shape index (κ1) is 14.3. The van der Waals surface area contributed by atoms with Crippen molar-refractivity contribution in [3.05, 3.63) is 51.2 Å². The molecule has 0 spiro atoms. The summed E-state index contributed by atoms with van der Waals surface area (Å²) in [5.41, 5.74) is 2.81. The quantitative estimate of drug-likeness (QED) is 0.904. The van der Waals surface area contributed by atoms with Crippen LogP contribution in [-0.2, 0) is 6.42 Å². The molecule has 0 aliphatic heterocycles. The van der Waals surface area contributed by atoms with Gasteiger partial charge in [-0.15, -0.1) is 11.3 Å². The Labute approximate surface area is 121 Å². The molecular weight excluding hydrogens is 274 g/mol. The van der Waals surface area contributed by atoms with E-state index in [9.17, 15) is 9.59 Å². The number of carbonyl (C=O) groups excluding carboxylic acids is 1. The number of anilines is 1. The van der Waals surface area contributed by atoms with Crippen LogP contribution in [-0.4, -0.2) is 17.0 Å². The normalized spacial score (nSPS) is 10.3. The third-order valence-electron chi connectivity index (χ3n) is 3.03. The maximum atomic E-state index is 12.1. The van der Waals surface area contributed by atoms with E-state index in [1.54, 1.807) is 24.4 Å². The number of aryl methyl sites for hydroxylation is 2. The summed E-state index contributed by atoms with van der Waals surface area (Å²) in [6.45, 7) is 3.82. The van der Waals surface area contributed by atoms with Gasteiger partial charge in [0.2, 0.25) is 0 Å². The number of carbonyl (C=O) groups is 2. The van der Waals surface area contributed by atoms with Gasteiger partial charge in [0, 0.05) is 5.56 Å². The van der Waals surface area contributed by atoms with Crippen LogP contribution in [0.25, 0.3) is 0 Å². The highest BCUT2D eigenvalue weighted by Crippen LogP contribution is 2.28. The van der Waals surface area contributed by atoms with Crippen LogP contribution in [0.3, 0.4) is 0 Å². The van der Waals surface area contributed by atoms with Gasteiger partial charge in [0.1, 0.15) is 4.88 Å². The minimum Gasteiger partial charge on any atom is -0.477 e. The van der Waals surface area contributed by atoms with Crippen molar-refractivity contribution in [3.8, 4) is 0 Å². The number of hydrogen-bond donors (Lipinski definition) is 2. The maximum absolute atomic E-state index is 12.1. The monoisotopic (exact) mass is 289 g/mol. The second-order valence-electron chi connectivity index (χ2n) is 4.43. The summed E-state index contributed by atoms with van der Waals surface area (Å²) in [7, 11) is 0. The summed E-state index contributed by atoms with van der Waals surface area (Å²) in [5, 5.41) is 13.5. The van der Waals surface area contributed by atoms with Crippen LogP contribution in [0.4, 0.5) is 5.69 Å². The second kappa shape index (κ2) is 5.88. The fourth-order valence-corrected chi connectivity index (χ4v) is 2.68. The van der Waals surface area contributed by atoms with Gasteiger partial charge in [-0.1, -0.05) is 19.1 Å². The Bertz CT molecular complexity index is 644. The van der Waals surface area contributed by atoms with Crippen LogP contribution in [0.15, 0.2) is 29.6 Å². The van der Waals surface area contributed by atoms with Crippen molar-refractivity contribution >= 4 is 28.9 Å². The van der Waals surface area contributed by atoms with Gasteiger partial charge in [-0.3, -0.25) is 4.79 Å². The summed E-state index contributed by atoms with van der Waals surface area (Å²) in [5.74, 6) is -1.32. The van der Waals surface area contributed by atoms with Crippen molar-refractivity contribution in [2.24, 2.45) is 0 Å². The minimum absolute atomic E-state index is 0.154. The van der Waals surface area contributed by atoms with E-state index in [0.717, 1.165) is 28.9 Å². The molecule has 0 aliphatic rings. The molecule has 5 heteroatoms. The average Bonchev–Trinajstić information content (AvgIpc) is 2.80. The van der Waals surface area contributed by atoms with E-state index in [4.69, 9.17) is 5.11 Å². The number of hydrogen-bond acceptors (Lipinski definition) is 3. The highest BCUT2D eigenvalue weighted by Gasteiger charge is 2.17. The molecule has 1 aromatic heterocycles. The maximum Gasteiger partial charge on any atom is 0.348 e. The SMILES string of the molecule is CCc1ccc(C(=O)Nc2c(C)csc2C(=O)O)cc1. The molecule has 1 heterocycles. The zero-order valence-corrected chi connectivity index (χ0v) is 12.1. The number of amides is 1. The molecular formula is C15H15NO3S. The van der Waals surface area contributed by atoms with Crippen LogP contribution >= 0.6 is 11.3 Å². The van der Waals surface area contributed by atoms with Crippen molar-refractivity contribution in [2.45, 2.75) is 20.3 Å². The fraction of sp³-hybridized carbons (Fsp3) is 0.200. The van der Waals surface area contributed by atoms with Crippen molar-refractivity contribution < 1.29 is 14.7 Å². The standard InChI is InChI=1S/C15H15NO3S/c1-3-10-4-6-11(7-5-10)14(17)16-12-9(2)8-20-13(12)15(18)19/h4-8H,3H2,1-2H3,(H,16,17)(H,18,19). The molecule has 0 saturated carbocycles. The molecule has 0 radical (unpaired) electrons. The Kier molecular flexibility index (Phi) is 4.20. The van der Waals surface area contributed by atoms with Gasteiger partial charge in [0.25, 0.3) is 5.91 Å².